The first-order chi connectivity index (χ1) is 15.6. The molecule has 6 nitrogen and oxygen atoms in total. The van der Waals surface area contributed by atoms with Crippen molar-refractivity contribution >= 4 is 33.3 Å². The van der Waals surface area contributed by atoms with Crippen LogP contribution < -0.4 is 10.9 Å². The Morgan fingerprint density at radius 2 is 1.62 bits per heavy atom. The average Bonchev–Trinajstić information content (AvgIpc) is 2.82. The molecule has 0 aliphatic heterocycles. The highest BCUT2D eigenvalue weighted by Crippen LogP contribution is 2.24. The first kappa shape index (κ1) is 19.6. The van der Waals surface area contributed by atoms with Crippen LogP contribution in [0.2, 0.25) is 0 Å². The van der Waals surface area contributed by atoms with Crippen LogP contribution in [-0.2, 0) is 18.3 Å². The van der Waals surface area contributed by atoms with E-state index in [1.807, 2.05) is 42.5 Å². The fourth-order valence-corrected chi connectivity index (χ4v) is 3.86. The maximum Gasteiger partial charge on any atom is 0.274 e. The number of nitrogens with one attached hydrogen (secondary N) is 1. The molecule has 1 N–H and O–H groups in total. The Morgan fingerprint density at radius 3 is 2.47 bits per heavy atom. The van der Waals surface area contributed by atoms with E-state index in [2.05, 4.69) is 39.7 Å². The zero-order valence-electron chi connectivity index (χ0n) is 17.4. The molecule has 0 spiro atoms. The van der Waals surface area contributed by atoms with E-state index in [0.717, 1.165) is 22.0 Å². The number of aromatic nitrogens is 3. The lowest BCUT2D eigenvalue weighted by molar-refractivity contribution is -0.115. The molecule has 3 aromatic carbocycles. The Bertz CT molecular complexity index is 1540. The molecule has 0 bridgehead atoms. The summed E-state index contributed by atoms with van der Waals surface area (Å²) in [5.74, 6) is 0.222. The van der Waals surface area contributed by atoms with Crippen LogP contribution >= 0.6 is 0 Å². The second kappa shape index (κ2) is 8.07. The number of benzene rings is 3. The molecule has 0 atom stereocenters. The second-order valence-corrected chi connectivity index (χ2v) is 7.62. The maximum atomic E-state index is 12.8. The topological polar surface area (TPSA) is 76.9 Å². The summed E-state index contributed by atoms with van der Waals surface area (Å²) in [6, 6.07) is 27.1. The van der Waals surface area contributed by atoms with Crippen molar-refractivity contribution in [3.05, 3.63) is 101 Å². The molecular weight excluding hydrogens is 400 g/mol. The Morgan fingerprint density at radius 1 is 0.875 bits per heavy atom. The molecule has 0 saturated heterocycles. The highest BCUT2D eigenvalue weighted by atomic mass is 16.1. The number of fused-ring (bicyclic) bond motifs is 2. The van der Waals surface area contributed by atoms with Crippen molar-refractivity contribution in [3.63, 3.8) is 0 Å². The minimum absolute atomic E-state index is 0.0382. The van der Waals surface area contributed by atoms with Gasteiger partial charge < -0.3 is 5.32 Å². The molecule has 1 amide bonds. The van der Waals surface area contributed by atoms with Gasteiger partial charge in [0.25, 0.3) is 5.56 Å². The lowest BCUT2D eigenvalue weighted by atomic mass is 10.0. The fraction of sp³-hybridized carbons (Fsp3) is 0.0769. The van der Waals surface area contributed by atoms with Crippen LogP contribution in [0.25, 0.3) is 32.8 Å². The van der Waals surface area contributed by atoms with Crippen LogP contribution in [0.1, 0.15) is 5.69 Å². The average molecular weight is 420 g/mol. The van der Waals surface area contributed by atoms with Gasteiger partial charge in [0, 0.05) is 18.0 Å². The van der Waals surface area contributed by atoms with Gasteiger partial charge in [0.1, 0.15) is 5.82 Å². The van der Waals surface area contributed by atoms with Crippen molar-refractivity contribution in [3.8, 4) is 11.3 Å². The highest BCUT2D eigenvalue weighted by Gasteiger charge is 2.13. The second-order valence-electron chi connectivity index (χ2n) is 7.62. The number of aryl methyl sites for hydroxylation is 1. The predicted octanol–water partition coefficient (Wildman–Crippen LogP) is 4.33. The molecule has 2 heterocycles. The van der Waals surface area contributed by atoms with Crippen LogP contribution in [0, 0.1) is 0 Å². The maximum absolute atomic E-state index is 12.8. The van der Waals surface area contributed by atoms with Crippen LogP contribution in [0.4, 0.5) is 5.82 Å². The van der Waals surface area contributed by atoms with Crippen molar-refractivity contribution < 1.29 is 4.79 Å². The van der Waals surface area contributed by atoms with Gasteiger partial charge in [-0.2, -0.15) is 5.10 Å². The minimum atomic E-state index is -0.246. The van der Waals surface area contributed by atoms with Crippen molar-refractivity contribution in [1.82, 2.24) is 14.8 Å². The molecule has 0 aliphatic rings. The molecule has 32 heavy (non-hydrogen) atoms. The van der Waals surface area contributed by atoms with Crippen molar-refractivity contribution in [2.45, 2.75) is 6.42 Å². The van der Waals surface area contributed by atoms with Crippen molar-refractivity contribution in [1.29, 1.82) is 0 Å². The number of nitrogens with zero attached hydrogens (tertiary/aromatic N) is 3. The summed E-state index contributed by atoms with van der Waals surface area (Å²) < 4.78 is 1.27. The van der Waals surface area contributed by atoms with Gasteiger partial charge in [-0.25, -0.2) is 9.67 Å². The summed E-state index contributed by atoms with van der Waals surface area (Å²) in [5.41, 5.74) is 2.12. The number of pyridine rings is 1. The molecule has 0 aliphatic carbocycles. The molecule has 0 fully saturated rings. The standard InChI is InChI=1S/C26H20N4O2/c1-30-26(32)21-10-5-4-9-20(21)23(29-30)16-25(31)28-24-12-6-11-22(27-24)19-14-13-17-7-2-3-8-18(17)15-19/h2-15H,16H2,1H3,(H,27,28,31). The minimum Gasteiger partial charge on any atom is -0.310 e. The van der Waals surface area contributed by atoms with Crippen LogP contribution in [0.3, 0.4) is 0 Å². The molecule has 0 unspecified atom stereocenters. The van der Waals surface area contributed by atoms with E-state index in [-0.39, 0.29) is 17.9 Å². The van der Waals surface area contributed by atoms with Gasteiger partial charge in [0.2, 0.25) is 5.91 Å². The molecule has 156 valence electrons. The van der Waals surface area contributed by atoms with Gasteiger partial charge >= 0.3 is 0 Å². The molecule has 5 aromatic rings. The first-order valence-corrected chi connectivity index (χ1v) is 10.3. The lowest BCUT2D eigenvalue weighted by Crippen LogP contribution is -2.24. The van der Waals surface area contributed by atoms with Gasteiger partial charge in [-0.05, 0) is 35.0 Å². The molecule has 0 radical (unpaired) electrons. The lowest BCUT2D eigenvalue weighted by Gasteiger charge is -2.10. The molecule has 2 aromatic heterocycles. The third-order valence-electron chi connectivity index (χ3n) is 5.42. The number of anilines is 1. The molecule has 0 saturated carbocycles. The van der Waals surface area contributed by atoms with Gasteiger partial charge in [0.15, 0.2) is 0 Å². The summed E-state index contributed by atoms with van der Waals surface area (Å²) in [7, 11) is 1.59. The van der Waals surface area contributed by atoms with E-state index >= 15 is 0 Å². The van der Waals surface area contributed by atoms with Gasteiger partial charge in [-0.15, -0.1) is 0 Å². The summed E-state index contributed by atoms with van der Waals surface area (Å²) >= 11 is 0. The Balaban J connectivity index is 1.40. The highest BCUT2D eigenvalue weighted by molar-refractivity contribution is 5.95. The first-order valence-electron chi connectivity index (χ1n) is 10.3. The third kappa shape index (κ3) is 3.74. The van der Waals surface area contributed by atoms with Gasteiger partial charge in [-0.1, -0.05) is 60.7 Å². The van der Waals surface area contributed by atoms with Crippen LogP contribution in [-0.4, -0.2) is 20.7 Å². The monoisotopic (exact) mass is 420 g/mol. The fourth-order valence-electron chi connectivity index (χ4n) is 3.86. The van der Waals surface area contributed by atoms with E-state index in [4.69, 9.17) is 0 Å². The Kier molecular flexibility index (Phi) is 4.95. The van der Waals surface area contributed by atoms with E-state index < -0.39 is 0 Å². The normalized spacial score (nSPS) is 11.0. The van der Waals surface area contributed by atoms with E-state index in [1.165, 1.54) is 4.68 Å². The molecule has 5 rings (SSSR count). The molecular formula is C26H20N4O2. The van der Waals surface area contributed by atoms with Crippen molar-refractivity contribution in [2.24, 2.45) is 7.05 Å². The largest absolute Gasteiger partial charge is 0.310 e. The zero-order chi connectivity index (χ0) is 22.1. The van der Waals surface area contributed by atoms with Gasteiger partial charge in [-0.3, -0.25) is 9.59 Å². The quantitative estimate of drug-likeness (QED) is 0.470. The number of amides is 1. The summed E-state index contributed by atoms with van der Waals surface area (Å²) in [5, 5.41) is 10.7. The molecule has 6 heteroatoms. The van der Waals surface area contributed by atoms with Crippen molar-refractivity contribution in [2.75, 3.05) is 5.32 Å². The smallest absolute Gasteiger partial charge is 0.274 e. The predicted molar refractivity (Wildman–Crippen MR) is 126 cm³/mol. The Labute approximate surface area is 184 Å². The third-order valence-corrected chi connectivity index (χ3v) is 5.42. The van der Waals surface area contributed by atoms with Crippen LogP contribution in [0.15, 0.2) is 89.7 Å². The van der Waals surface area contributed by atoms with E-state index in [1.54, 1.807) is 25.2 Å². The zero-order valence-corrected chi connectivity index (χ0v) is 17.4. The summed E-state index contributed by atoms with van der Waals surface area (Å²) in [6.45, 7) is 0. The number of carbonyl (C=O) groups is 1. The van der Waals surface area contributed by atoms with E-state index in [0.29, 0.717) is 22.3 Å². The number of hydrogen-bond acceptors (Lipinski definition) is 4. The summed E-state index contributed by atoms with van der Waals surface area (Å²) in [4.78, 5) is 29.7. The number of carbonyl (C=O) groups excluding carboxylic acids is 1. The number of hydrogen-bond donors (Lipinski definition) is 1. The van der Waals surface area contributed by atoms with E-state index in [9.17, 15) is 9.59 Å². The Hall–Kier alpha value is -4.32. The SMILES string of the molecule is Cn1nc(CC(=O)Nc2cccc(-c3ccc4ccccc4c3)n2)c2ccccc2c1=O. The summed E-state index contributed by atoms with van der Waals surface area (Å²) in [6.07, 6.45) is 0.0382. The van der Waals surface area contributed by atoms with Gasteiger partial charge in [0.05, 0.1) is 23.2 Å². The number of rotatable bonds is 4. The van der Waals surface area contributed by atoms with Crippen LogP contribution in [0.5, 0.6) is 0 Å².